The second-order valence-corrected chi connectivity index (χ2v) is 5.86. The summed E-state index contributed by atoms with van der Waals surface area (Å²) in [6.07, 6.45) is 9.81. The first-order valence-electron chi connectivity index (χ1n) is 8.60. The molecule has 0 aromatic heterocycles. The van der Waals surface area contributed by atoms with Crippen molar-refractivity contribution in [2.24, 2.45) is 0 Å². The molecule has 21 heavy (non-hydrogen) atoms. The van der Waals surface area contributed by atoms with Gasteiger partial charge in [0.15, 0.2) is 0 Å². The van der Waals surface area contributed by atoms with Crippen molar-refractivity contribution in [1.29, 1.82) is 0 Å². The number of aryl methyl sites for hydroxylation is 1. The summed E-state index contributed by atoms with van der Waals surface area (Å²) < 4.78 is 5.74. The van der Waals surface area contributed by atoms with Crippen molar-refractivity contribution < 1.29 is 9.84 Å². The minimum atomic E-state index is 0.474. The van der Waals surface area contributed by atoms with Gasteiger partial charge in [0.1, 0.15) is 11.5 Å². The van der Waals surface area contributed by atoms with Crippen LogP contribution in [0, 0.1) is 0 Å². The zero-order valence-corrected chi connectivity index (χ0v) is 14.3. The van der Waals surface area contributed by atoms with Gasteiger partial charge >= 0.3 is 0 Å². The van der Waals surface area contributed by atoms with Crippen molar-refractivity contribution in [3.63, 3.8) is 0 Å². The molecule has 120 valence electrons. The highest BCUT2D eigenvalue weighted by atomic mass is 16.5. The third-order valence-corrected chi connectivity index (χ3v) is 4.11. The van der Waals surface area contributed by atoms with Gasteiger partial charge in [0.25, 0.3) is 0 Å². The Hall–Kier alpha value is -1.18. The van der Waals surface area contributed by atoms with Crippen molar-refractivity contribution in [1.82, 2.24) is 0 Å². The van der Waals surface area contributed by atoms with E-state index in [0.29, 0.717) is 5.75 Å². The fraction of sp³-hybridized carbons (Fsp3) is 0.684. The van der Waals surface area contributed by atoms with E-state index in [1.165, 1.54) is 11.1 Å². The molecule has 0 unspecified atom stereocenters. The van der Waals surface area contributed by atoms with E-state index in [1.807, 2.05) is 6.07 Å². The fourth-order valence-corrected chi connectivity index (χ4v) is 2.86. The van der Waals surface area contributed by atoms with Gasteiger partial charge < -0.3 is 9.84 Å². The molecule has 0 radical (unpaired) electrons. The largest absolute Gasteiger partial charge is 0.508 e. The van der Waals surface area contributed by atoms with Crippen molar-refractivity contribution >= 4 is 0 Å². The topological polar surface area (TPSA) is 29.5 Å². The van der Waals surface area contributed by atoms with Gasteiger partial charge in [0, 0.05) is 11.1 Å². The van der Waals surface area contributed by atoms with E-state index in [9.17, 15) is 5.11 Å². The number of phenols is 1. The zero-order chi connectivity index (χ0) is 15.7. The lowest BCUT2D eigenvalue weighted by molar-refractivity contribution is 0.397. The van der Waals surface area contributed by atoms with Crippen LogP contribution in [0.3, 0.4) is 0 Å². The van der Waals surface area contributed by atoms with Crippen LogP contribution in [-0.2, 0) is 19.3 Å². The first-order valence-corrected chi connectivity index (χ1v) is 8.60. The summed E-state index contributed by atoms with van der Waals surface area (Å²) in [5.41, 5.74) is 3.53. The first kappa shape index (κ1) is 17.9. The highest BCUT2D eigenvalue weighted by Crippen LogP contribution is 2.36. The highest BCUT2D eigenvalue weighted by Gasteiger charge is 2.17. The molecule has 2 nitrogen and oxygen atoms in total. The van der Waals surface area contributed by atoms with Crippen LogP contribution in [0.15, 0.2) is 6.07 Å². The Bertz CT molecular complexity index is 424. The third kappa shape index (κ3) is 4.94. The van der Waals surface area contributed by atoms with E-state index in [0.717, 1.165) is 69.1 Å². The fourth-order valence-electron chi connectivity index (χ4n) is 2.86. The molecule has 1 aromatic carbocycles. The molecular formula is C19H32O2. The van der Waals surface area contributed by atoms with Gasteiger partial charge in [-0.05, 0) is 50.2 Å². The van der Waals surface area contributed by atoms with Crippen LogP contribution in [0.1, 0.15) is 76.0 Å². The van der Waals surface area contributed by atoms with Gasteiger partial charge in [-0.25, -0.2) is 0 Å². The number of methoxy groups -OCH3 is 1. The first-order chi connectivity index (χ1) is 10.2. The quantitative estimate of drug-likeness (QED) is 0.623. The van der Waals surface area contributed by atoms with Gasteiger partial charge in [-0.15, -0.1) is 0 Å². The molecule has 0 aliphatic rings. The average Bonchev–Trinajstić information content (AvgIpc) is 2.49. The number of ether oxygens (including phenoxy) is 1. The van der Waals surface area contributed by atoms with Gasteiger partial charge in [-0.1, -0.05) is 40.0 Å². The van der Waals surface area contributed by atoms with Crippen LogP contribution in [0.5, 0.6) is 11.5 Å². The summed E-state index contributed by atoms with van der Waals surface area (Å²) in [6.45, 7) is 6.59. The Morgan fingerprint density at radius 2 is 1.38 bits per heavy atom. The lowest BCUT2D eigenvalue weighted by Crippen LogP contribution is -2.04. The van der Waals surface area contributed by atoms with E-state index in [-0.39, 0.29) is 0 Å². The lowest BCUT2D eigenvalue weighted by atomic mass is 9.92. The maximum atomic E-state index is 10.5. The molecular weight excluding hydrogens is 260 g/mol. The number of rotatable bonds is 10. The van der Waals surface area contributed by atoms with Gasteiger partial charge in [-0.2, -0.15) is 0 Å². The van der Waals surface area contributed by atoms with Crippen molar-refractivity contribution in [3.05, 3.63) is 22.8 Å². The molecule has 0 aliphatic heterocycles. The second kappa shape index (κ2) is 9.70. The summed E-state index contributed by atoms with van der Waals surface area (Å²) in [5, 5.41) is 10.5. The molecule has 0 aliphatic carbocycles. The monoisotopic (exact) mass is 292 g/mol. The average molecular weight is 292 g/mol. The Morgan fingerprint density at radius 1 is 0.857 bits per heavy atom. The minimum Gasteiger partial charge on any atom is -0.508 e. The standard InChI is InChI=1S/C19H32O2/c1-5-8-11-15-14-18(20)16(12-9-6-2)17(13-10-7-3)19(15)21-4/h14,20H,5-13H2,1-4H3. The number of unbranched alkanes of at least 4 members (excludes halogenated alkanes) is 3. The van der Waals surface area contributed by atoms with E-state index in [1.54, 1.807) is 7.11 Å². The smallest absolute Gasteiger partial charge is 0.125 e. The number of aromatic hydroxyl groups is 1. The predicted molar refractivity (Wildman–Crippen MR) is 90.5 cm³/mol. The van der Waals surface area contributed by atoms with Gasteiger partial charge in [0.05, 0.1) is 7.11 Å². The number of hydrogen-bond donors (Lipinski definition) is 1. The molecule has 0 bridgehead atoms. The summed E-state index contributed by atoms with van der Waals surface area (Å²) in [6, 6.07) is 1.94. The molecule has 0 amide bonds. The second-order valence-electron chi connectivity index (χ2n) is 5.86. The van der Waals surface area contributed by atoms with Gasteiger partial charge in [-0.3, -0.25) is 0 Å². The Kier molecular flexibility index (Phi) is 8.26. The Morgan fingerprint density at radius 3 is 1.90 bits per heavy atom. The summed E-state index contributed by atoms with van der Waals surface area (Å²) in [5.74, 6) is 1.50. The molecule has 0 saturated heterocycles. The van der Waals surface area contributed by atoms with Crippen LogP contribution in [0.25, 0.3) is 0 Å². The third-order valence-electron chi connectivity index (χ3n) is 4.11. The molecule has 1 rings (SSSR count). The zero-order valence-electron chi connectivity index (χ0n) is 14.3. The van der Waals surface area contributed by atoms with Crippen molar-refractivity contribution in [3.8, 4) is 11.5 Å². The Labute approximate surface area is 130 Å². The van der Waals surface area contributed by atoms with Crippen LogP contribution in [-0.4, -0.2) is 12.2 Å². The van der Waals surface area contributed by atoms with E-state index < -0.39 is 0 Å². The van der Waals surface area contributed by atoms with E-state index >= 15 is 0 Å². The van der Waals surface area contributed by atoms with Crippen LogP contribution >= 0.6 is 0 Å². The maximum absolute atomic E-state index is 10.5. The predicted octanol–water partition coefficient (Wildman–Crippen LogP) is 5.43. The molecule has 2 heteroatoms. The Balaban J connectivity index is 3.21. The number of benzene rings is 1. The SMILES string of the molecule is CCCCc1cc(O)c(CCCC)c(CCCC)c1OC. The van der Waals surface area contributed by atoms with Crippen LogP contribution < -0.4 is 4.74 Å². The van der Waals surface area contributed by atoms with E-state index in [2.05, 4.69) is 20.8 Å². The number of phenolic OH excluding ortho intramolecular Hbond substituents is 1. The molecule has 0 fully saturated rings. The van der Waals surface area contributed by atoms with Crippen LogP contribution in [0.4, 0.5) is 0 Å². The summed E-state index contributed by atoms with van der Waals surface area (Å²) in [4.78, 5) is 0. The van der Waals surface area contributed by atoms with Crippen molar-refractivity contribution in [2.75, 3.05) is 7.11 Å². The molecule has 0 saturated carbocycles. The normalized spacial score (nSPS) is 10.9. The minimum absolute atomic E-state index is 0.474. The molecule has 1 N–H and O–H groups in total. The maximum Gasteiger partial charge on any atom is 0.125 e. The molecule has 1 aromatic rings. The van der Waals surface area contributed by atoms with Gasteiger partial charge in [0.2, 0.25) is 0 Å². The van der Waals surface area contributed by atoms with Crippen molar-refractivity contribution in [2.45, 2.75) is 78.6 Å². The highest BCUT2D eigenvalue weighted by molar-refractivity contribution is 5.53. The molecule has 0 heterocycles. The molecule has 0 spiro atoms. The molecule has 0 atom stereocenters. The van der Waals surface area contributed by atoms with E-state index in [4.69, 9.17) is 4.74 Å². The lowest BCUT2D eigenvalue weighted by Gasteiger charge is -2.19. The summed E-state index contributed by atoms with van der Waals surface area (Å²) in [7, 11) is 1.76. The number of hydrogen-bond acceptors (Lipinski definition) is 2. The summed E-state index contributed by atoms with van der Waals surface area (Å²) >= 11 is 0. The van der Waals surface area contributed by atoms with Crippen LogP contribution in [0.2, 0.25) is 0 Å².